The molecule has 0 fully saturated rings. The molecule has 0 unspecified atom stereocenters. The van der Waals surface area contributed by atoms with Crippen molar-refractivity contribution in [1.29, 1.82) is 0 Å². The summed E-state index contributed by atoms with van der Waals surface area (Å²) in [7, 11) is 3.58. The number of aromatic nitrogens is 2. The number of hydrogen-bond acceptors (Lipinski definition) is 4. The van der Waals surface area contributed by atoms with Crippen LogP contribution in [0.3, 0.4) is 0 Å². The number of amides is 1. The van der Waals surface area contributed by atoms with Crippen LogP contribution in [0, 0.1) is 0 Å². The smallest absolute Gasteiger partial charge is 0.212 e. The van der Waals surface area contributed by atoms with Gasteiger partial charge in [-0.15, -0.1) is 0 Å². The second-order valence-corrected chi connectivity index (χ2v) is 5.98. The lowest BCUT2D eigenvalue weighted by molar-refractivity contribution is -0.108. The van der Waals surface area contributed by atoms with Crippen LogP contribution in [0.2, 0.25) is 0 Å². The molecule has 134 valence electrons. The molecule has 1 aromatic heterocycles. The topological polar surface area (TPSA) is 68.5 Å². The molecular weight excluding hydrogens is 328 g/mol. The monoisotopic (exact) mass is 350 g/mol. The first-order chi connectivity index (χ1) is 12.7. The van der Waals surface area contributed by atoms with E-state index in [4.69, 9.17) is 4.74 Å². The third-order valence-electron chi connectivity index (χ3n) is 4.33. The molecule has 2 aromatic rings. The summed E-state index contributed by atoms with van der Waals surface area (Å²) < 4.78 is 7.22. The molecule has 1 amide bonds. The van der Waals surface area contributed by atoms with E-state index in [1.54, 1.807) is 18.0 Å². The second kappa shape index (κ2) is 8.29. The zero-order valence-corrected chi connectivity index (χ0v) is 15.0. The normalized spacial score (nSPS) is 15.7. The Morgan fingerprint density at radius 1 is 1.15 bits per heavy atom. The molecule has 1 aliphatic heterocycles. The van der Waals surface area contributed by atoms with E-state index in [-0.39, 0.29) is 0 Å². The highest BCUT2D eigenvalue weighted by atomic mass is 16.5. The van der Waals surface area contributed by atoms with Crippen LogP contribution in [-0.2, 0) is 16.6 Å². The first-order valence-corrected chi connectivity index (χ1v) is 8.49. The average molecular weight is 350 g/mol. The molecule has 0 saturated carbocycles. The maximum atomic E-state index is 10.6. The quantitative estimate of drug-likeness (QED) is 0.865. The minimum absolute atomic E-state index is 0.633. The van der Waals surface area contributed by atoms with Gasteiger partial charge >= 0.3 is 0 Å². The van der Waals surface area contributed by atoms with Crippen molar-refractivity contribution in [2.24, 2.45) is 12.0 Å². The summed E-state index contributed by atoms with van der Waals surface area (Å²) in [6.45, 7) is 0. The van der Waals surface area contributed by atoms with Crippen LogP contribution >= 0.6 is 0 Å². The number of ether oxygens (including phenoxy) is 1. The molecule has 0 bridgehead atoms. The summed E-state index contributed by atoms with van der Waals surface area (Å²) in [4.78, 5) is 15.2. The minimum Gasteiger partial charge on any atom is -0.501 e. The van der Waals surface area contributed by atoms with Gasteiger partial charge in [0.15, 0.2) is 0 Å². The third-order valence-corrected chi connectivity index (χ3v) is 4.33. The summed E-state index contributed by atoms with van der Waals surface area (Å²) in [6.07, 6.45) is 6.73. The van der Waals surface area contributed by atoms with E-state index in [9.17, 15) is 4.79 Å². The Kier molecular flexibility index (Phi) is 5.63. The molecular formula is C20H22N4O2. The number of carbonyl (C=O) groups excluding carboxylic acids is 1. The van der Waals surface area contributed by atoms with Crippen molar-refractivity contribution in [2.45, 2.75) is 19.3 Å². The van der Waals surface area contributed by atoms with Crippen LogP contribution in [0.4, 0.5) is 0 Å². The first-order valence-electron chi connectivity index (χ1n) is 8.49. The summed E-state index contributed by atoms with van der Waals surface area (Å²) in [6, 6.07) is 12.1. The number of fused-ring (bicyclic) bond motifs is 1. The van der Waals surface area contributed by atoms with Gasteiger partial charge in [-0.25, -0.2) is 4.99 Å². The van der Waals surface area contributed by atoms with Crippen LogP contribution in [0.5, 0.6) is 0 Å². The zero-order valence-electron chi connectivity index (χ0n) is 15.0. The van der Waals surface area contributed by atoms with E-state index in [1.165, 1.54) is 11.1 Å². The fourth-order valence-corrected chi connectivity index (χ4v) is 3.12. The Bertz CT molecular complexity index is 849. The van der Waals surface area contributed by atoms with Gasteiger partial charge in [0.1, 0.15) is 11.6 Å². The van der Waals surface area contributed by atoms with Crippen LogP contribution in [0.15, 0.2) is 70.8 Å². The van der Waals surface area contributed by atoms with E-state index in [2.05, 4.69) is 27.5 Å². The van der Waals surface area contributed by atoms with Gasteiger partial charge in [-0.1, -0.05) is 30.3 Å². The van der Waals surface area contributed by atoms with Crippen LogP contribution < -0.4 is 5.32 Å². The molecule has 2 heterocycles. The Morgan fingerprint density at radius 2 is 1.96 bits per heavy atom. The molecule has 0 radical (unpaired) electrons. The fraction of sp³-hybridized carbons (Fsp3) is 0.250. The van der Waals surface area contributed by atoms with Crippen molar-refractivity contribution in [3.8, 4) is 0 Å². The highest BCUT2D eigenvalue weighted by molar-refractivity contribution is 5.98. The predicted molar refractivity (Wildman–Crippen MR) is 101 cm³/mol. The summed E-state index contributed by atoms with van der Waals surface area (Å²) in [5.74, 6) is 1.67. The Balaban J connectivity index is 0.000000278. The lowest BCUT2D eigenvalue weighted by Gasteiger charge is -2.20. The molecule has 0 saturated heterocycles. The van der Waals surface area contributed by atoms with Crippen molar-refractivity contribution in [3.05, 3.63) is 71.4 Å². The zero-order chi connectivity index (χ0) is 18.4. The van der Waals surface area contributed by atoms with Gasteiger partial charge in [-0.2, -0.15) is 5.10 Å². The number of methoxy groups -OCH3 is 1. The fourth-order valence-electron chi connectivity index (χ4n) is 3.12. The molecule has 1 N–H and O–H groups in total. The number of benzene rings is 1. The molecule has 0 spiro atoms. The maximum absolute atomic E-state index is 10.6. The van der Waals surface area contributed by atoms with Crippen molar-refractivity contribution in [3.63, 3.8) is 0 Å². The molecule has 4 rings (SSSR count). The average Bonchev–Trinajstić information content (AvgIpc) is 3.31. The number of allylic oxidation sites excluding steroid dienone is 3. The highest BCUT2D eigenvalue weighted by Crippen LogP contribution is 2.41. The Morgan fingerprint density at radius 3 is 2.54 bits per heavy atom. The minimum atomic E-state index is 0.633. The number of nitrogens with one attached hydrogen (secondary N) is 1. The highest BCUT2D eigenvalue weighted by Gasteiger charge is 2.28. The number of nitrogens with zero attached hydrogens (tertiary/aromatic N) is 3. The van der Waals surface area contributed by atoms with Gasteiger partial charge in [-0.3, -0.25) is 9.48 Å². The third kappa shape index (κ3) is 3.91. The van der Waals surface area contributed by atoms with E-state index in [0.717, 1.165) is 29.9 Å². The molecule has 6 nitrogen and oxygen atoms in total. The van der Waals surface area contributed by atoms with Crippen molar-refractivity contribution >= 4 is 17.8 Å². The number of hydrogen-bond donors (Lipinski definition) is 1. The number of carbonyl (C=O) groups is 1. The number of rotatable bonds is 3. The van der Waals surface area contributed by atoms with Crippen LogP contribution in [-0.4, -0.2) is 29.1 Å². The lowest BCUT2D eigenvalue weighted by atomic mass is 9.89. The van der Waals surface area contributed by atoms with Crippen LogP contribution in [0.25, 0.3) is 5.57 Å². The van der Waals surface area contributed by atoms with Crippen molar-refractivity contribution in [1.82, 2.24) is 15.1 Å². The summed E-state index contributed by atoms with van der Waals surface area (Å²) >= 11 is 0. The molecule has 1 aromatic carbocycles. The molecule has 6 heteroatoms. The van der Waals surface area contributed by atoms with Crippen molar-refractivity contribution in [2.75, 3.05) is 7.11 Å². The van der Waals surface area contributed by atoms with Gasteiger partial charge in [-0.05, 0) is 23.6 Å². The number of amidine groups is 1. The van der Waals surface area contributed by atoms with Gasteiger partial charge < -0.3 is 10.1 Å². The largest absolute Gasteiger partial charge is 0.501 e. The standard InChI is InChI=1S/C16H16N2O2.C4H6N2/c1-20-14-8-7-12(11-5-3-2-4-6-11)16-13(14)9-15(18-16)17-10-19;1-6-4-2-3-5-6/h2-6,10H,7-9H2,1H3,(H,17,18,19);2-4H,1H3. The maximum Gasteiger partial charge on any atom is 0.212 e. The first kappa shape index (κ1) is 17.7. The van der Waals surface area contributed by atoms with Gasteiger partial charge in [0, 0.05) is 37.9 Å². The number of aliphatic imine (C=N–C) groups is 1. The second-order valence-electron chi connectivity index (χ2n) is 5.98. The van der Waals surface area contributed by atoms with Gasteiger partial charge in [0.05, 0.1) is 12.8 Å². The van der Waals surface area contributed by atoms with E-state index in [1.807, 2.05) is 37.5 Å². The van der Waals surface area contributed by atoms with E-state index in [0.29, 0.717) is 18.7 Å². The predicted octanol–water partition coefficient (Wildman–Crippen LogP) is 3.06. The van der Waals surface area contributed by atoms with Gasteiger partial charge in [0.2, 0.25) is 6.41 Å². The SMILES string of the molecule is COC1=C2CC(NC=O)=NC2=C(c2ccccc2)CC1.Cn1cccn1. The van der Waals surface area contributed by atoms with Crippen molar-refractivity contribution < 1.29 is 9.53 Å². The molecule has 1 aliphatic carbocycles. The Labute approximate surface area is 152 Å². The van der Waals surface area contributed by atoms with E-state index < -0.39 is 0 Å². The lowest BCUT2D eigenvalue weighted by Crippen LogP contribution is -2.19. The molecule has 0 atom stereocenters. The van der Waals surface area contributed by atoms with E-state index >= 15 is 0 Å². The summed E-state index contributed by atoms with van der Waals surface area (Å²) in [5.41, 5.74) is 4.47. The van der Waals surface area contributed by atoms with Crippen LogP contribution in [0.1, 0.15) is 24.8 Å². The number of aryl methyl sites for hydroxylation is 1. The summed E-state index contributed by atoms with van der Waals surface area (Å²) in [5, 5.41) is 6.50. The van der Waals surface area contributed by atoms with Gasteiger partial charge in [0.25, 0.3) is 0 Å². The molecule has 26 heavy (non-hydrogen) atoms. The Hall–Kier alpha value is -3.15. The molecule has 2 aliphatic rings.